The number of rotatable bonds is 7. The number of halogens is 2. The van der Waals surface area contributed by atoms with E-state index < -0.39 is 13.0 Å². The summed E-state index contributed by atoms with van der Waals surface area (Å²) >= 11 is 1.51. The summed E-state index contributed by atoms with van der Waals surface area (Å²) in [7, 11) is 0. The third-order valence-electron chi connectivity index (χ3n) is 1.13. The van der Waals surface area contributed by atoms with E-state index in [1.54, 1.807) is 0 Å². The van der Waals surface area contributed by atoms with E-state index in [-0.39, 0.29) is 11.9 Å². The first-order chi connectivity index (χ1) is 5.66. The van der Waals surface area contributed by atoms with Gasteiger partial charge in [0.25, 0.3) is 6.43 Å². The van der Waals surface area contributed by atoms with Crippen LogP contribution in [0.25, 0.3) is 0 Å². The van der Waals surface area contributed by atoms with Crippen molar-refractivity contribution in [2.45, 2.75) is 18.6 Å². The summed E-state index contributed by atoms with van der Waals surface area (Å²) < 4.78 is 27.7. The summed E-state index contributed by atoms with van der Waals surface area (Å²) in [4.78, 5) is 0. The molecule has 0 heterocycles. The highest BCUT2D eigenvalue weighted by Gasteiger charge is 2.02. The minimum absolute atomic E-state index is 0.111. The highest BCUT2D eigenvalue weighted by atomic mass is 32.2. The number of aliphatic hydroxyl groups excluding tert-OH is 1. The topological polar surface area (TPSA) is 29.5 Å². The molecule has 74 valence electrons. The number of aliphatic hydroxyl groups is 1. The van der Waals surface area contributed by atoms with Crippen LogP contribution in [-0.2, 0) is 4.74 Å². The first kappa shape index (κ1) is 12.1. The van der Waals surface area contributed by atoms with Gasteiger partial charge in [0.15, 0.2) is 0 Å². The van der Waals surface area contributed by atoms with Gasteiger partial charge < -0.3 is 9.84 Å². The molecule has 1 atom stereocenters. The van der Waals surface area contributed by atoms with Crippen LogP contribution in [0.4, 0.5) is 8.78 Å². The molecule has 0 aromatic heterocycles. The van der Waals surface area contributed by atoms with Gasteiger partial charge >= 0.3 is 0 Å². The Morgan fingerprint density at radius 1 is 1.50 bits per heavy atom. The monoisotopic (exact) mass is 200 g/mol. The van der Waals surface area contributed by atoms with E-state index in [0.29, 0.717) is 12.4 Å². The van der Waals surface area contributed by atoms with E-state index in [1.807, 2.05) is 6.92 Å². The zero-order valence-corrected chi connectivity index (χ0v) is 7.82. The SMILES string of the molecule is C[C@@H](CO)SCCOCC(F)F. The van der Waals surface area contributed by atoms with Crippen molar-refractivity contribution in [3.05, 3.63) is 0 Å². The molecule has 2 nitrogen and oxygen atoms in total. The molecule has 0 amide bonds. The molecule has 0 fully saturated rings. The van der Waals surface area contributed by atoms with Gasteiger partial charge in [-0.2, -0.15) is 11.8 Å². The van der Waals surface area contributed by atoms with Crippen molar-refractivity contribution in [1.82, 2.24) is 0 Å². The van der Waals surface area contributed by atoms with Crippen LogP contribution in [0, 0.1) is 0 Å². The van der Waals surface area contributed by atoms with Gasteiger partial charge in [-0.25, -0.2) is 8.78 Å². The fourth-order valence-corrected chi connectivity index (χ4v) is 1.26. The quantitative estimate of drug-likeness (QED) is 0.630. The lowest BCUT2D eigenvalue weighted by Gasteiger charge is -2.07. The molecule has 0 bridgehead atoms. The molecule has 0 saturated heterocycles. The summed E-state index contributed by atoms with van der Waals surface area (Å²) in [6.45, 7) is 1.81. The smallest absolute Gasteiger partial charge is 0.261 e. The van der Waals surface area contributed by atoms with Gasteiger partial charge in [-0.1, -0.05) is 6.92 Å². The third kappa shape index (κ3) is 8.23. The molecule has 12 heavy (non-hydrogen) atoms. The molecule has 0 radical (unpaired) electrons. The minimum Gasteiger partial charge on any atom is -0.395 e. The Morgan fingerprint density at radius 3 is 2.67 bits per heavy atom. The first-order valence-corrected chi connectivity index (χ1v) is 4.80. The van der Waals surface area contributed by atoms with Crippen LogP contribution in [0.2, 0.25) is 0 Å². The van der Waals surface area contributed by atoms with Crippen LogP contribution in [0.15, 0.2) is 0 Å². The van der Waals surface area contributed by atoms with Crippen LogP contribution < -0.4 is 0 Å². The fraction of sp³-hybridized carbons (Fsp3) is 1.00. The van der Waals surface area contributed by atoms with Crippen molar-refractivity contribution in [3.8, 4) is 0 Å². The summed E-state index contributed by atoms with van der Waals surface area (Å²) in [6, 6.07) is 0. The van der Waals surface area contributed by atoms with Gasteiger partial charge in [0.1, 0.15) is 6.61 Å². The molecule has 0 aliphatic heterocycles. The van der Waals surface area contributed by atoms with Crippen molar-refractivity contribution in [2.75, 3.05) is 25.6 Å². The van der Waals surface area contributed by atoms with Gasteiger partial charge in [-0.15, -0.1) is 0 Å². The lowest BCUT2D eigenvalue weighted by molar-refractivity contribution is 0.0237. The predicted octanol–water partition coefficient (Wildman–Crippen LogP) is 1.38. The molecule has 0 spiro atoms. The lowest BCUT2D eigenvalue weighted by Crippen LogP contribution is -2.09. The molecule has 5 heteroatoms. The molecule has 0 rings (SSSR count). The van der Waals surface area contributed by atoms with Crippen molar-refractivity contribution >= 4 is 11.8 Å². The van der Waals surface area contributed by atoms with E-state index in [0.717, 1.165) is 0 Å². The molecule has 1 N–H and O–H groups in total. The maximum Gasteiger partial charge on any atom is 0.261 e. The highest BCUT2D eigenvalue weighted by molar-refractivity contribution is 7.99. The van der Waals surface area contributed by atoms with E-state index in [9.17, 15) is 8.78 Å². The maximum absolute atomic E-state index is 11.5. The predicted molar refractivity (Wildman–Crippen MR) is 45.8 cm³/mol. The Kier molecular flexibility index (Phi) is 7.85. The van der Waals surface area contributed by atoms with Gasteiger partial charge in [-0.3, -0.25) is 0 Å². The largest absolute Gasteiger partial charge is 0.395 e. The lowest BCUT2D eigenvalue weighted by atomic mass is 10.5. The molecule has 0 aliphatic carbocycles. The second-order valence-corrected chi connectivity index (χ2v) is 3.88. The van der Waals surface area contributed by atoms with Crippen molar-refractivity contribution < 1.29 is 18.6 Å². The molecule has 0 saturated carbocycles. The Bertz CT molecular complexity index is 103. The normalized spacial score (nSPS) is 13.8. The van der Waals surface area contributed by atoms with Crippen LogP contribution in [0.1, 0.15) is 6.92 Å². The van der Waals surface area contributed by atoms with Gasteiger partial charge in [0.05, 0.1) is 13.2 Å². The first-order valence-electron chi connectivity index (χ1n) is 3.75. The van der Waals surface area contributed by atoms with E-state index >= 15 is 0 Å². The maximum atomic E-state index is 11.5. The van der Waals surface area contributed by atoms with Crippen molar-refractivity contribution in [1.29, 1.82) is 0 Å². The molecule has 0 aromatic rings. The zero-order valence-electron chi connectivity index (χ0n) is 7.00. The summed E-state index contributed by atoms with van der Waals surface area (Å²) in [5.74, 6) is 0.647. The van der Waals surface area contributed by atoms with Crippen molar-refractivity contribution in [2.24, 2.45) is 0 Å². The molecular weight excluding hydrogens is 186 g/mol. The summed E-state index contributed by atoms with van der Waals surface area (Å²) in [5, 5.41) is 8.75. The van der Waals surface area contributed by atoms with Gasteiger partial charge in [-0.05, 0) is 0 Å². The zero-order chi connectivity index (χ0) is 9.40. The Hall–Kier alpha value is 0.130. The van der Waals surface area contributed by atoms with Crippen LogP contribution in [-0.4, -0.2) is 42.4 Å². The molecule has 0 unspecified atom stereocenters. The number of hydrogen-bond donors (Lipinski definition) is 1. The van der Waals surface area contributed by atoms with E-state index in [4.69, 9.17) is 5.11 Å². The van der Waals surface area contributed by atoms with Crippen molar-refractivity contribution in [3.63, 3.8) is 0 Å². The number of hydrogen-bond acceptors (Lipinski definition) is 3. The Labute approximate surface area is 75.3 Å². The van der Waals surface area contributed by atoms with Gasteiger partial charge in [0, 0.05) is 11.0 Å². The number of alkyl halides is 2. The molecular formula is C7H14F2O2S. The van der Waals surface area contributed by atoms with E-state index in [2.05, 4.69) is 4.74 Å². The number of thioether (sulfide) groups is 1. The highest BCUT2D eigenvalue weighted by Crippen LogP contribution is 2.08. The second-order valence-electron chi connectivity index (χ2n) is 2.33. The third-order valence-corrected chi connectivity index (χ3v) is 2.25. The fourth-order valence-electron chi connectivity index (χ4n) is 0.533. The van der Waals surface area contributed by atoms with E-state index in [1.165, 1.54) is 11.8 Å². The second kappa shape index (κ2) is 7.76. The number of ether oxygens (including phenoxy) is 1. The Balaban J connectivity index is 3.00. The molecule has 0 aromatic carbocycles. The average Bonchev–Trinajstić information content (AvgIpc) is 2.03. The standard InChI is InChI=1S/C7H14F2O2S/c1-6(4-10)12-3-2-11-5-7(8)9/h6-7,10H,2-5H2,1H3/t6-/m0/s1. The summed E-state index contributed by atoms with van der Waals surface area (Å²) in [5.41, 5.74) is 0. The summed E-state index contributed by atoms with van der Waals surface area (Å²) in [6.07, 6.45) is -2.38. The average molecular weight is 200 g/mol. The van der Waals surface area contributed by atoms with Crippen LogP contribution in [0.3, 0.4) is 0 Å². The van der Waals surface area contributed by atoms with Gasteiger partial charge in [0.2, 0.25) is 0 Å². The Morgan fingerprint density at radius 2 is 2.17 bits per heavy atom. The minimum atomic E-state index is -2.38. The molecule has 0 aliphatic rings. The van der Waals surface area contributed by atoms with Crippen LogP contribution in [0.5, 0.6) is 0 Å². The van der Waals surface area contributed by atoms with Crippen LogP contribution >= 0.6 is 11.8 Å².